The Morgan fingerprint density at radius 3 is 3.11 bits per heavy atom. The summed E-state index contributed by atoms with van der Waals surface area (Å²) in [5.41, 5.74) is 1.78. The molecule has 0 aliphatic carbocycles. The van der Waals surface area contributed by atoms with Crippen LogP contribution in [0, 0.1) is 0 Å². The molecule has 0 N–H and O–H groups in total. The number of hydrogen-bond acceptors (Lipinski definition) is 4. The number of likely N-dealkylation sites (tertiary alicyclic amines) is 1. The van der Waals surface area contributed by atoms with Gasteiger partial charge in [-0.2, -0.15) is 0 Å². The zero-order valence-corrected chi connectivity index (χ0v) is 10.1. The zero-order chi connectivity index (χ0) is 12.5. The predicted molar refractivity (Wildman–Crippen MR) is 64.9 cm³/mol. The van der Waals surface area contributed by atoms with Crippen molar-refractivity contribution in [3.05, 3.63) is 24.3 Å². The molecule has 1 aromatic heterocycles. The molecule has 1 aliphatic rings. The third-order valence-corrected chi connectivity index (χ3v) is 3.29. The van der Waals surface area contributed by atoms with Crippen molar-refractivity contribution in [3.63, 3.8) is 0 Å². The zero-order valence-electron chi connectivity index (χ0n) is 10.1. The number of carbonyl (C=O) groups is 1. The molecule has 18 heavy (non-hydrogen) atoms. The van der Waals surface area contributed by atoms with Crippen LogP contribution < -0.4 is 0 Å². The molecule has 2 heterocycles. The highest BCUT2D eigenvalue weighted by molar-refractivity contribution is 5.74. The molecule has 1 atom stereocenters. The Hall–Kier alpha value is -2.11. The van der Waals surface area contributed by atoms with E-state index in [2.05, 4.69) is 10.3 Å². The lowest BCUT2D eigenvalue weighted by Gasteiger charge is -2.23. The Balaban J connectivity index is 2.01. The smallest absolute Gasteiger partial charge is 0.411 e. The van der Waals surface area contributed by atoms with Gasteiger partial charge in [-0.05, 0) is 25.0 Å². The molecule has 1 fully saturated rings. The van der Waals surface area contributed by atoms with Gasteiger partial charge >= 0.3 is 6.09 Å². The molecule has 1 aromatic carbocycles. The van der Waals surface area contributed by atoms with Crippen molar-refractivity contribution in [2.24, 2.45) is 0 Å². The van der Waals surface area contributed by atoms with Gasteiger partial charge in [0.1, 0.15) is 11.7 Å². The highest BCUT2D eigenvalue weighted by atomic mass is 16.5. The fraction of sp³-hybridized carbons (Fsp3) is 0.417. The van der Waals surface area contributed by atoms with E-state index >= 15 is 0 Å². The van der Waals surface area contributed by atoms with E-state index in [9.17, 15) is 4.79 Å². The number of nitrogens with zero attached hydrogens (tertiary/aromatic N) is 4. The van der Waals surface area contributed by atoms with E-state index in [4.69, 9.17) is 4.74 Å². The van der Waals surface area contributed by atoms with Crippen molar-refractivity contribution < 1.29 is 9.53 Å². The minimum Gasteiger partial charge on any atom is -0.453 e. The van der Waals surface area contributed by atoms with Crippen LogP contribution in [0.2, 0.25) is 0 Å². The number of hydrogen-bond donors (Lipinski definition) is 0. The van der Waals surface area contributed by atoms with Gasteiger partial charge in [0.25, 0.3) is 0 Å². The number of fused-ring (bicyclic) bond motifs is 1. The second kappa shape index (κ2) is 4.29. The molecule has 94 valence electrons. The lowest BCUT2D eigenvalue weighted by Crippen LogP contribution is -2.33. The second-order valence-corrected chi connectivity index (χ2v) is 4.31. The van der Waals surface area contributed by atoms with E-state index < -0.39 is 0 Å². The van der Waals surface area contributed by atoms with E-state index in [1.807, 2.05) is 24.3 Å². The molecule has 2 aromatic rings. The molecule has 3 rings (SSSR count). The molecule has 6 nitrogen and oxygen atoms in total. The van der Waals surface area contributed by atoms with Crippen LogP contribution in [0.15, 0.2) is 24.3 Å². The van der Waals surface area contributed by atoms with Gasteiger partial charge < -0.3 is 4.74 Å². The van der Waals surface area contributed by atoms with Gasteiger partial charge in [-0.3, -0.25) is 4.90 Å². The molecular formula is C12H14N4O2. The summed E-state index contributed by atoms with van der Waals surface area (Å²) < 4.78 is 6.60. The Morgan fingerprint density at radius 2 is 2.28 bits per heavy atom. The van der Waals surface area contributed by atoms with Crippen LogP contribution in [0.5, 0.6) is 0 Å². The number of para-hydroxylation sites is 1. The maximum Gasteiger partial charge on any atom is 0.411 e. The maximum atomic E-state index is 11.7. The molecule has 6 heteroatoms. The average Bonchev–Trinajstić information content (AvgIpc) is 3.03. The molecule has 0 spiro atoms. The first-order valence-electron chi connectivity index (χ1n) is 5.96. The Morgan fingerprint density at radius 1 is 1.44 bits per heavy atom. The average molecular weight is 246 g/mol. The van der Waals surface area contributed by atoms with E-state index in [1.54, 1.807) is 9.58 Å². The van der Waals surface area contributed by atoms with Gasteiger partial charge in [0.05, 0.1) is 12.6 Å². The van der Waals surface area contributed by atoms with E-state index in [0.29, 0.717) is 6.54 Å². The van der Waals surface area contributed by atoms with Crippen LogP contribution in [-0.2, 0) is 4.74 Å². The predicted octanol–water partition coefficient (Wildman–Crippen LogP) is 1.79. The number of amides is 1. The number of benzene rings is 1. The maximum absolute atomic E-state index is 11.7. The van der Waals surface area contributed by atoms with E-state index in [-0.39, 0.29) is 12.3 Å². The van der Waals surface area contributed by atoms with Crippen molar-refractivity contribution in [1.82, 2.24) is 19.9 Å². The fourth-order valence-electron chi connectivity index (χ4n) is 2.44. The summed E-state index contributed by atoms with van der Waals surface area (Å²) >= 11 is 0. The minimum absolute atomic E-state index is 0.0927. The molecule has 0 bridgehead atoms. The Kier molecular flexibility index (Phi) is 2.62. The van der Waals surface area contributed by atoms with Crippen molar-refractivity contribution in [1.29, 1.82) is 0 Å². The van der Waals surface area contributed by atoms with Gasteiger partial charge in [-0.1, -0.05) is 17.3 Å². The van der Waals surface area contributed by atoms with Crippen LogP contribution in [0.3, 0.4) is 0 Å². The molecule has 1 amide bonds. The van der Waals surface area contributed by atoms with Crippen LogP contribution in [0.25, 0.3) is 11.0 Å². The minimum atomic E-state index is -0.308. The highest BCUT2D eigenvalue weighted by Gasteiger charge is 2.32. The largest absolute Gasteiger partial charge is 0.453 e. The summed E-state index contributed by atoms with van der Waals surface area (Å²) in [6.07, 6.45) is 1.43. The fourth-order valence-corrected chi connectivity index (χ4v) is 2.44. The van der Waals surface area contributed by atoms with Crippen molar-refractivity contribution >= 4 is 17.1 Å². The number of aromatic nitrogens is 3. The lowest BCUT2D eigenvalue weighted by atomic mass is 10.3. The van der Waals surface area contributed by atoms with Gasteiger partial charge in [0, 0.05) is 6.54 Å². The normalized spacial score (nSPS) is 19.4. The van der Waals surface area contributed by atoms with Crippen LogP contribution >= 0.6 is 0 Å². The van der Waals surface area contributed by atoms with E-state index in [0.717, 1.165) is 23.9 Å². The Bertz CT molecular complexity index is 580. The lowest BCUT2D eigenvalue weighted by molar-refractivity contribution is 0.102. The van der Waals surface area contributed by atoms with E-state index in [1.165, 1.54) is 7.11 Å². The number of rotatable bonds is 1. The van der Waals surface area contributed by atoms with Gasteiger partial charge in [0.2, 0.25) is 0 Å². The van der Waals surface area contributed by atoms with Gasteiger partial charge in [-0.25, -0.2) is 9.48 Å². The molecule has 0 saturated carbocycles. The van der Waals surface area contributed by atoms with Crippen LogP contribution in [0.1, 0.15) is 19.0 Å². The van der Waals surface area contributed by atoms with Gasteiger partial charge in [0.15, 0.2) is 0 Å². The third-order valence-electron chi connectivity index (χ3n) is 3.29. The molecule has 0 radical (unpaired) electrons. The summed E-state index contributed by atoms with van der Waals surface area (Å²) in [5.74, 6) is 0. The first kappa shape index (κ1) is 11.0. The molecule has 1 aliphatic heterocycles. The third kappa shape index (κ3) is 1.61. The molecule has 1 saturated heterocycles. The highest BCUT2D eigenvalue weighted by Crippen LogP contribution is 2.29. The quantitative estimate of drug-likeness (QED) is 0.769. The summed E-state index contributed by atoms with van der Waals surface area (Å²) in [7, 11) is 1.40. The monoisotopic (exact) mass is 246 g/mol. The second-order valence-electron chi connectivity index (χ2n) is 4.31. The molecular weight excluding hydrogens is 232 g/mol. The first-order chi connectivity index (χ1) is 8.81. The van der Waals surface area contributed by atoms with Gasteiger partial charge in [-0.15, -0.1) is 5.10 Å². The summed E-state index contributed by atoms with van der Waals surface area (Å²) in [4.78, 5) is 13.4. The number of carbonyl (C=O) groups excluding carboxylic acids is 1. The molecule has 0 unspecified atom stereocenters. The number of methoxy groups -OCH3 is 1. The topological polar surface area (TPSA) is 60.2 Å². The van der Waals surface area contributed by atoms with Crippen molar-refractivity contribution in [2.45, 2.75) is 19.0 Å². The SMILES string of the molecule is COC(=O)N1CCC[C@H]1n1nnc2ccccc21. The summed E-state index contributed by atoms with van der Waals surface area (Å²) in [5, 5.41) is 8.28. The first-order valence-corrected chi connectivity index (χ1v) is 5.96. The van der Waals surface area contributed by atoms with Crippen molar-refractivity contribution in [2.75, 3.05) is 13.7 Å². The van der Waals surface area contributed by atoms with Crippen LogP contribution in [0.4, 0.5) is 4.79 Å². The summed E-state index contributed by atoms with van der Waals surface area (Å²) in [6.45, 7) is 0.700. The van der Waals surface area contributed by atoms with Crippen LogP contribution in [-0.4, -0.2) is 39.6 Å². The standard InChI is InChI=1S/C12H14N4O2/c1-18-12(17)15-8-4-7-11(15)16-10-6-3-2-5-9(10)13-14-16/h2-3,5-6,11H,4,7-8H2,1H3/t11-/m1/s1. The summed E-state index contributed by atoms with van der Waals surface area (Å²) in [6, 6.07) is 7.74. The Labute approximate surface area is 104 Å². The number of ether oxygens (including phenoxy) is 1. The van der Waals surface area contributed by atoms with Crippen molar-refractivity contribution in [3.8, 4) is 0 Å².